The molecule has 7 nitrogen and oxygen atoms in total. The first-order chi connectivity index (χ1) is 14.6. The number of rotatable bonds is 3. The summed E-state index contributed by atoms with van der Waals surface area (Å²) in [5.74, 6) is 0.714. The third-order valence-electron chi connectivity index (χ3n) is 4.21. The van der Waals surface area contributed by atoms with Crippen LogP contribution in [-0.4, -0.2) is 32.0 Å². The molecule has 0 fully saturated rings. The minimum Gasteiger partial charge on any atom is -0.372 e. The first-order valence-corrected chi connectivity index (χ1v) is 10.2. The van der Waals surface area contributed by atoms with Crippen molar-refractivity contribution in [2.24, 2.45) is 7.05 Å². The van der Waals surface area contributed by atoms with E-state index in [-0.39, 0.29) is 5.56 Å². The number of anilines is 1. The first-order valence-electron chi connectivity index (χ1n) is 10.2. The molecule has 0 aliphatic heterocycles. The summed E-state index contributed by atoms with van der Waals surface area (Å²) in [5, 5.41) is 19.6. The molecule has 0 amide bonds. The van der Waals surface area contributed by atoms with E-state index in [2.05, 4.69) is 39.6 Å². The van der Waals surface area contributed by atoms with Crippen LogP contribution >= 0.6 is 0 Å². The molecule has 7 heteroatoms. The number of fused-ring (bicyclic) bond motifs is 1. The molecule has 30 heavy (non-hydrogen) atoms. The van der Waals surface area contributed by atoms with E-state index in [4.69, 9.17) is 0 Å². The summed E-state index contributed by atoms with van der Waals surface area (Å²) in [5.41, 5.74) is 4.50. The standard InChI is InChI=1S/C18H16N6O.C3H8.C2H6/c1-19-16-7-6-15(21-22-16)13-5-4-12(14-9-20-23-18(13)14)11-3-8-17(25)24(2)10-11;1-3-2;1-2/h3-10H,1-2H3,(H,19,22)(H,20,23);3H2,1-2H3;1-2H3. The Morgan fingerprint density at radius 1 is 1.00 bits per heavy atom. The molecule has 0 unspecified atom stereocenters. The first kappa shape index (κ1) is 22.8. The predicted molar refractivity (Wildman–Crippen MR) is 125 cm³/mol. The van der Waals surface area contributed by atoms with Gasteiger partial charge in [-0.3, -0.25) is 9.89 Å². The van der Waals surface area contributed by atoms with E-state index in [0.29, 0.717) is 5.82 Å². The van der Waals surface area contributed by atoms with E-state index in [0.717, 1.165) is 33.3 Å². The minimum absolute atomic E-state index is 0.0382. The highest BCUT2D eigenvalue weighted by atomic mass is 16.1. The lowest BCUT2D eigenvalue weighted by molar-refractivity contribution is 0.862. The molecule has 1 aromatic carbocycles. The van der Waals surface area contributed by atoms with E-state index in [1.54, 1.807) is 30.9 Å². The smallest absolute Gasteiger partial charge is 0.250 e. The maximum atomic E-state index is 11.6. The van der Waals surface area contributed by atoms with Crippen molar-refractivity contribution in [1.82, 2.24) is 25.0 Å². The van der Waals surface area contributed by atoms with Gasteiger partial charge in [-0.25, -0.2) is 0 Å². The number of pyridine rings is 1. The van der Waals surface area contributed by atoms with E-state index < -0.39 is 0 Å². The normalized spacial score (nSPS) is 9.93. The van der Waals surface area contributed by atoms with Crippen molar-refractivity contribution in [3.05, 3.63) is 59.1 Å². The zero-order valence-corrected chi connectivity index (χ0v) is 18.5. The number of nitrogens with zero attached hydrogens (tertiary/aromatic N) is 4. The molecule has 0 spiro atoms. The molecule has 0 aliphatic rings. The molecule has 0 radical (unpaired) electrons. The molecular formula is C23H30N6O. The van der Waals surface area contributed by atoms with E-state index in [1.165, 1.54) is 6.42 Å². The average Bonchev–Trinajstić information content (AvgIpc) is 3.27. The van der Waals surface area contributed by atoms with E-state index in [1.807, 2.05) is 50.4 Å². The SMILES string of the molecule is CC.CCC.CNc1ccc(-c2ccc(-c3ccc(=O)n(C)c3)c3cn[nH]c23)nn1. The summed E-state index contributed by atoms with van der Waals surface area (Å²) in [6, 6.07) is 11.2. The van der Waals surface area contributed by atoms with Crippen LogP contribution < -0.4 is 10.9 Å². The molecule has 2 N–H and O–H groups in total. The number of hydrogen-bond acceptors (Lipinski definition) is 5. The summed E-state index contributed by atoms with van der Waals surface area (Å²) in [6.07, 6.45) is 4.86. The van der Waals surface area contributed by atoms with Gasteiger partial charge >= 0.3 is 0 Å². The van der Waals surface area contributed by atoms with Crippen molar-refractivity contribution in [2.45, 2.75) is 34.1 Å². The molecule has 3 heterocycles. The van der Waals surface area contributed by atoms with Gasteiger partial charge in [0.1, 0.15) is 5.82 Å². The molecular weight excluding hydrogens is 376 g/mol. The molecule has 0 aliphatic carbocycles. The topological polar surface area (TPSA) is 88.5 Å². The van der Waals surface area contributed by atoms with Crippen molar-refractivity contribution < 1.29 is 0 Å². The Labute approximate surface area is 177 Å². The largest absolute Gasteiger partial charge is 0.372 e. The molecule has 4 rings (SSSR count). The van der Waals surface area contributed by atoms with Gasteiger partial charge in [0, 0.05) is 37.3 Å². The van der Waals surface area contributed by atoms with Crippen LogP contribution in [0.3, 0.4) is 0 Å². The molecule has 4 aromatic rings. The summed E-state index contributed by atoms with van der Waals surface area (Å²) < 4.78 is 1.57. The number of benzene rings is 1. The van der Waals surface area contributed by atoms with Crippen LogP contribution in [0.4, 0.5) is 5.82 Å². The van der Waals surface area contributed by atoms with Crippen LogP contribution in [0.25, 0.3) is 33.3 Å². The number of hydrogen-bond donors (Lipinski definition) is 2. The van der Waals surface area contributed by atoms with Crippen LogP contribution in [-0.2, 0) is 7.05 Å². The number of aromatic nitrogens is 5. The van der Waals surface area contributed by atoms with Crippen molar-refractivity contribution >= 4 is 16.7 Å². The van der Waals surface area contributed by atoms with Gasteiger partial charge in [-0.1, -0.05) is 40.2 Å². The maximum Gasteiger partial charge on any atom is 0.250 e. The lowest BCUT2D eigenvalue weighted by atomic mass is 9.99. The van der Waals surface area contributed by atoms with Crippen LogP contribution in [0.5, 0.6) is 0 Å². The molecule has 158 valence electrons. The summed E-state index contributed by atoms with van der Waals surface area (Å²) in [4.78, 5) is 11.6. The predicted octanol–water partition coefficient (Wildman–Crippen LogP) is 4.87. The van der Waals surface area contributed by atoms with Crippen LogP contribution in [0.1, 0.15) is 34.1 Å². The summed E-state index contributed by atoms with van der Waals surface area (Å²) in [7, 11) is 3.55. The van der Waals surface area contributed by atoms with Crippen molar-refractivity contribution in [1.29, 1.82) is 0 Å². The highest BCUT2D eigenvalue weighted by molar-refractivity contribution is 6.01. The number of aromatic amines is 1. The van der Waals surface area contributed by atoms with Gasteiger partial charge in [0.2, 0.25) is 5.56 Å². The molecule has 0 saturated carbocycles. The molecule has 0 bridgehead atoms. The van der Waals surface area contributed by atoms with Crippen LogP contribution in [0, 0.1) is 0 Å². The Hall–Kier alpha value is -3.48. The zero-order chi connectivity index (χ0) is 22.1. The van der Waals surface area contributed by atoms with Crippen molar-refractivity contribution in [2.75, 3.05) is 12.4 Å². The Morgan fingerprint density at radius 3 is 2.30 bits per heavy atom. The Bertz CT molecular complexity index is 1130. The molecule has 0 saturated heterocycles. The summed E-state index contributed by atoms with van der Waals surface area (Å²) >= 11 is 0. The van der Waals surface area contributed by atoms with E-state index >= 15 is 0 Å². The van der Waals surface area contributed by atoms with Gasteiger partial charge in [0.15, 0.2) is 0 Å². The lowest BCUT2D eigenvalue weighted by Crippen LogP contribution is -2.13. The minimum atomic E-state index is -0.0382. The highest BCUT2D eigenvalue weighted by Gasteiger charge is 2.13. The number of nitrogens with one attached hydrogen (secondary N) is 2. The lowest BCUT2D eigenvalue weighted by Gasteiger charge is -2.08. The zero-order valence-electron chi connectivity index (χ0n) is 18.5. The fourth-order valence-electron chi connectivity index (χ4n) is 2.86. The molecule has 0 atom stereocenters. The highest BCUT2D eigenvalue weighted by Crippen LogP contribution is 2.33. The fourth-order valence-corrected chi connectivity index (χ4v) is 2.86. The second-order valence-electron chi connectivity index (χ2n) is 6.45. The quantitative estimate of drug-likeness (QED) is 0.507. The van der Waals surface area contributed by atoms with Crippen molar-refractivity contribution in [3.63, 3.8) is 0 Å². The maximum absolute atomic E-state index is 11.6. The van der Waals surface area contributed by atoms with Gasteiger partial charge in [0.25, 0.3) is 0 Å². The number of H-pyrrole nitrogens is 1. The van der Waals surface area contributed by atoms with Crippen LogP contribution in [0.2, 0.25) is 0 Å². The Kier molecular flexibility index (Phi) is 8.29. The van der Waals surface area contributed by atoms with E-state index in [9.17, 15) is 4.79 Å². The van der Waals surface area contributed by atoms with Gasteiger partial charge in [-0.2, -0.15) is 5.10 Å². The van der Waals surface area contributed by atoms with Crippen molar-refractivity contribution in [3.8, 4) is 22.4 Å². The second kappa shape index (κ2) is 10.9. The summed E-state index contributed by atoms with van der Waals surface area (Å²) in [6.45, 7) is 8.25. The monoisotopic (exact) mass is 406 g/mol. The number of aryl methyl sites for hydroxylation is 1. The van der Waals surface area contributed by atoms with Gasteiger partial charge in [-0.15, -0.1) is 10.2 Å². The Balaban J connectivity index is 0.000000590. The molecule has 3 aromatic heterocycles. The Morgan fingerprint density at radius 2 is 1.70 bits per heavy atom. The van der Waals surface area contributed by atoms with Gasteiger partial charge in [0.05, 0.1) is 17.4 Å². The third-order valence-corrected chi connectivity index (χ3v) is 4.21. The fraction of sp³-hybridized carbons (Fsp3) is 0.304. The average molecular weight is 407 g/mol. The second-order valence-corrected chi connectivity index (χ2v) is 6.45. The third kappa shape index (κ3) is 4.92. The van der Waals surface area contributed by atoms with Crippen LogP contribution in [0.15, 0.2) is 53.6 Å². The van der Waals surface area contributed by atoms with Gasteiger partial charge in [-0.05, 0) is 35.4 Å². The van der Waals surface area contributed by atoms with Gasteiger partial charge < -0.3 is 9.88 Å².